The van der Waals surface area contributed by atoms with E-state index in [4.69, 9.17) is 9.98 Å². The second kappa shape index (κ2) is 14.1. The van der Waals surface area contributed by atoms with E-state index in [0.29, 0.717) is 31.4 Å². The highest BCUT2D eigenvalue weighted by molar-refractivity contribution is 5.95. The van der Waals surface area contributed by atoms with Gasteiger partial charge in [0.1, 0.15) is 28.9 Å². The molecule has 0 unspecified atom stereocenters. The van der Waals surface area contributed by atoms with Gasteiger partial charge in [0.2, 0.25) is 5.96 Å². The average molecular weight is 544 g/mol. The Morgan fingerprint density at radius 2 is 1.00 bits per heavy atom. The number of phenols is 3. The van der Waals surface area contributed by atoms with E-state index < -0.39 is 0 Å². The number of amidine groups is 1. The lowest BCUT2D eigenvalue weighted by Gasteiger charge is -2.26. The number of allylic oxidation sites excluding steroid dienone is 1. The van der Waals surface area contributed by atoms with Gasteiger partial charge in [-0.05, 0) is 44.0 Å². The Balaban J connectivity index is 2.01. The Morgan fingerprint density at radius 1 is 0.600 bits per heavy atom. The lowest BCUT2D eigenvalue weighted by molar-refractivity contribution is 0.382. The van der Waals surface area contributed by atoms with Gasteiger partial charge in [-0.2, -0.15) is 4.99 Å². The Labute approximate surface area is 237 Å². The molecule has 3 N–H and O–H groups in total. The number of hydrogen-bond donors (Lipinski definition) is 3. The molecule has 0 amide bonds. The van der Waals surface area contributed by atoms with Gasteiger partial charge >= 0.3 is 0 Å². The molecule has 8 nitrogen and oxygen atoms in total. The molecular weight excluding hydrogens is 502 g/mol. The smallest absolute Gasteiger partial charge is 0.229 e. The van der Waals surface area contributed by atoms with E-state index in [1.54, 1.807) is 36.4 Å². The molecule has 3 aromatic rings. The molecule has 212 valence electrons. The molecule has 0 heterocycles. The topological polar surface area (TPSA) is 95.1 Å². The summed E-state index contributed by atoms with van der Waals surface area (Å²) in [5.74, 6) is 2.62. The minimum Gasteiger partial charge on any atom is -0.508 e. The summed E-state index contributed by atoms with van der Waals surface area (Å²) in [4.78, 5) is 15.9. The minimum atomic E-state index is 0.211. The van der Waals surface area contributed by atoms with Gasteiger partial charge in [0.05, 0.1) is 0 Å². The molecule has 3 rings (SSSR count). The molecule has 0 bridgehead atoms. The van der Waals surface area contributed by atoms with Gasteiger partial charge in [-0.25, -0.2) is 4.99 Å². The summed E-state index contributed by atoms with van der Waals surface area (Å²) in [6, 6.07) is 21.8. The first kappa shape index (κ1) is 30.1. The van der Waals surface area contributed by atoms with Crippen molar-refractivity contribution in [3.63, 3.8) is 0 Å². The van der Waals surface area contributed by atoms with E-state index in [0.717, 1.165) is 34.5 Å². The lowest BCUT2D eigenvalue weighted by Crippen LogP contribution is -2.31. The van der Waals surface area contributed by atoms with E-state index in [1.807, 2.05) is 86.1 Å². The monoisotopic (exact) mass is 543 g/mol. The second-order valence-electron chi connectivity index (χ2n) is 9.98. The van der Waals surface area contributed by atoms with Crippen LogP contribution < -0.4 is 0 Å². The first-order valence-corrected chi connectivity index (χ1v) is 13.4. The van der Waals surface area contributed by atoms with Crippen LogP contribution in [0.25, 0.3) is 0 Å². The Hall–Kier alpha value is -4.46. The van der Waals surface area contributed by atoms with Crippen molar-refractivity contribution in [3.8, 4) is 17.2 Å². The molecule has 0 saturated heterocycles. The molecule has 0 aliphatic rings. The maximum absolute atomic E-state index is 10.4. The average Bonchev–Trinajstić information content (AvgIpc) is 2.94. The molecule has 0 radical (unpaired) electrons. The minimum absolute atomic E-state index is 0.211. The summed E-state index contributed by atoms with van der Waals surface area (Å²) in [7, 11) is 5.77. The highest BCUT2D eigenvalue weighted by Gasteiger charge is 2.16. The predicted octanol–water partition coefficient (Wildman–Crippen LogP) is 5.92. The summed E-state index contributed by atoms with van der Waals surface area (Å²) in [5.41, 5.74) is 3.42. The lowest BCUT2D eigenvalue weighted by atomic mass is 10.1. The van der Waals surface area contributed by atoms with E-state index >= 15 is 0 Å². The van der Waals surface area contributed by atoms with E-state index in [1.165, 1.54) is 0 Å². The highest BCUT2D eigenvalue weighted by atomic mass is 16.3. The molecule has 0 spiro atoms. The van der Waals surface area contributed by atoms with Crippen LogP contribution in [0.1, 0.15) is 43.9 Å². The van der Waals surface area contributed by atoms with Gasteiger partial charge in [0.15, 0.2) is 0 Å². The molecule has 40 heavy (non-hydrogen) atoms. The number of aromatic hydroxyl groups is 3. The molecule has 3 aromatic carbocycles. The van der Waals surface area contributed by atoms with Crippen molar-refractivity contribution in [2.45, 2.75) is 46.8 Å². The third-order valence-electron chi connectivity index (χ3n) is 6.83. The third-order valence-corrected chi connectivity index (χ3v) is 6.83. The van der Waals surface area contributed by atoms with Gasteiger partial charge < -0.3 is 30.0 Å². The summed E-state index contributed by atoms with van der Waals surface area (Å²) in [6.07, 6.45) is 0.788. The molecule has 0 atom stereocenters. The fourth-order valence-electron chi connectivity index (χ4n) is 4.15. The Kier molecular flexibility index (Phi) is 10.6. The first-order valence-electron chi connectivity index (χ1n) is 13.4. The second-order valence-corrected chi connectivity index (χ2v) is 9.98. The number of hydrogen-bond acceptors (Lipinski definition) is 5. The van der Waals surface area contributed by atoms with Crippen LogP contribution in [0, 0.1) is 0 Å². The number of benzene rings is 3. The van der Waals surface area contributed by atoms with Crippen molar-refractivity contribution >= 4 is 11.8 Å². The van der Waals surface area contributed by atoms with E-state index in [-0.39, 0.29) is 17.2 Å². The Morgan fingerprint density at radius 3 is 1.43 bits per heavy atom. The molecule has 0 aliphatic heterocycles. The largest absolute Gasteiger partial charge is 0.508 e. The quantitative estimate of drug-likeness (QED) is 0.229. The number of guanidine groups is 1. The van der Waals surface area contributed by atoms with Crippen LogP contribution in [0.2, 0.25) is 0 Å². The summed E-state index contributed by atoms with van der Waals surface area (Å²) in [5, 5.41) is 31.0. The molecule has 0 fully saturated rings. The van der Waals surface area contributed by atoms with Crippen LogP contribution in [0.15, 0.2) is 94.2 Å². The van der Waals surface area contributed by atoms with Gasteiger partial charge in [0, 0.05) is 57.5 Å². The maximum Gasteiger partial charge on any atom is 0.229 e. The van der Waals surface area contributed by atoms with Crippen LogP contribution in [-0.4, -0.2) is 63.0 Å². The molecule has 0 saturated carbocycles. The van der Waals surface area contributed by atoms with Crippen molar-refractivity contribution in [3.05, 3.63) is 101 Å². The van der Waals surface area contributed by atoms with Gasteiger partial charge in [-0.15, -0.1) is 0 Å². The van der Waals surface area contributed by atoms with Crippen molar-refractivity contribution in [2.24, 2.45) is 9.98 Å². The van der Waals surface area contributed by atoms with Crippen LogP contribution in [0.3, 0.4) is 0 Å². The number of nitrogens with zero attached hydrogens (tertiary/aromatic N) is 5. The molecule has 0 aliphatic carbocycles. The highest BCUT2D eigenvalue weighted by Crippen LogP contribution is 2.24. The number of rotatable bonds is 9. The zero-order valence-electron chi connectivity index (χ0n) is 24.3. The standard InChI is InChI=1S/C32H41N5O3/c1-7-23(2)31(36(5)21-26-15-9-12-18-29(26)39)34-32(37(6)22-27-16-10-13-19-30(27)40)33-24(3)35(4)20-25-14-8-11-17-28(25)38/h8-19,38-40H,7,20-22H2,1-6H3/b31-23-,33-24+,34-32+. The van der Waals surface area contributed by atoms with Crippen molar-refractivity contribution < 1.29 is 15.3 Å². The maximum atomic E-state index is 10.4. The van der Waals surface area contributed by atoms with Crippen molar-refractivity contribution in [1.29, 1.82) is 0 Å². The normalized spacial score (nSPS) is 12.7. The third kappa shape index (κ3) is 8.02. The van der Waals surface area contributed by atoms with Crippen LogP contribution in [0.4, 0.5) is 0 Å². The Bertz CT molecular complexity index is 1380. The van der Waals surface area contributed by atoms with Crippen LogP contribution in [-0.2, 0) is 19.6 Å². The van der Waals surface area contributed by atoms with Gasteiger partial charge in [-0.1, -0.05) is 61.5 Å². The molecule has 0 aromatic heterocycles. The molecular formula is C32H41N5O3. The first-order chi connectivity index (χ1) is 19.1. The molecule has 8 heteroatoms. The van der Waals surface area contributed by atoms with Crippen LogP contribution >= 0.6 is 0 Å². The fraction of sp³-hybridized carbons (Fsp3) is 0.312. The van der Waals surface area contributed by atoms with E-state index in [2.05, 4.69) is 6.92 Å². The number of para-hydroxylation sites is 3. The van der Waals surface area contributed by atoms with E-state index in [9.17, 15) is 15.3 Å². The van der Waals surface area contributed by atoms with Crippen LogP contribution in [0.5, 0.6) is 17.2 Å². The zero-order valence-corrected chi connectivity index (χ0v) is 24.3. The van der Waals surface area contributed by atoms with Gasteiger partial charge in [-0.3, -0.25) is 0 Å². The summed E-state index contributed by atoms with van der Waals surface area (Å²) in [6.45, 7) is 7.37. The predicted molar refractivity (Wildman–Crippen MR) is 162 cm³/mol. The van der Waals surface area contributed by atoms with Gasteiger partial charge in [0.25, 0.3) is 0 Å². The SMILES string of the molecule is CC/C(C)=C(/N=C(\N=C(/C)N(C)Cc1ccccc1O)N(C)Cc1ccccc1O)N(C)Cc1ccccc1O. The zero-order chi connectivity index (χ0) is 29.2. The fourth-order valence-corrected chi connectivity index (χ4v) is 4.15. The van der Waals surface area contributed by atoms with Crippen molar-refractivity contribution in [2.75, 3.05) is 21.1 Å². The number of aliphatic imine (C=N–C) groups is 2. The van der Waals surface area contributed by atoms with Crippen molar-refractivity contribution in [1.82, 2.24) is 14.7 Å². The summed E-state index contributed by atoms with van der Waals surface area (Å²) >= 11 is 0. The summed E-state index contributed by atoms with van der Waals surface area (Å²) < 4.78 is 0. The number of phenolic OH excluding ortho intramolecular Hbond substituents is 3.